The second kappa shape index (κ2) is 8.95. The van der Waals surface area contributed by atoms with Crippen LogP contribution in [0, 0.1) is 12.3 Å². The highest BCUT2D eigenvalue weighted by atomic mass is 35.5. The molecule has 0 unspecified atom stereocenters. The lowest BCUT2D eigenvalue weighted by atomic mass is 10.2. The van der Waals surface area contributed by atoms with E-state index in [1.807, 2.05) is 13.8 Å². The van der Waals surface area contributed by atoms with Crippen molar-refractivity contribution < 1.29 is 4.79 Å². The molecule has 0 radical (unpaired) electrons. The van der Waals surface area contributed by atoms with Crippen molar-refractivity contribution in [3.63, 3.8) is 0 Å². The van der Waals surface area contributed by atoms with Crippen LogP contribution in [0.5, 0.6) is 0 Å². The summed E-state index contributed by atoms with van der Waals surface area (Å²) in [6, 6.07) is 5.25. The third kappa shape index (κ3) is 4.33. The zero-order chi connectivity index (χ0) is 20.3. The van der Waals surface area contributed by atoms with Crippen LogP contribution in [0.1, 0.15) is 42.6 Å². The summed E-state index contributed by atoms with van der Waals surface area (Å²) in [5, 5.41) is 5.39. The van der Waals surface area contributed by atoms with E-state index in [-0.39, 0.29) is 17.6 Å². The van der Waals surface area contributed by atoms with Crippen LogP contribution in [0.3, 0.4) is 0 Å². The van der Waals surface area contributed by atoms with E-state index in [9.17, 15) is 4.79 Å². The second-order valence-electron chi connectivity index (χ2n) is 7.02. The van der Waals surface area contributed by atoms with Crippen LogP contribution >= 0.6 is 23.2 Å². The lowest BCUT2D eigenvalue weighted by Crippen LogP contribution is -2.49. The van der Waals surface area contributed by atoms with E-state index in [4.69, 9.17) is 29.6 Å². The summed E-state index contributed by atoms with van der Waals surface area (Å²) >= 11 is 12.7. The number of aromatic nitrogens is 3. The minimum absolute atomic E-state index is 0.0435. The van der Waals surface area contributed by atoms with Crippen molar-refractivity contribution in [3.8, 4) is 18.0 Å². The first-order chi connectivity index (χ1) is 13.4. The van der Waals surface area contributed by atoms with Crippen molar-refractivity contribution in [2.45, 2.75) is 26.2 Å². The van der Waals surface area contributed by atoms with Gasteiger partial charge in [-0.15, -0.1) is 17.4 Å². The van der Waals surface area contributed by atoms with Gasteiger partial charge in [-0.2, -0.15) is 0 Å². The summed E-state index contributed by atoms with van der Waals surface area (Å²) in [5.74, 6) is 3.32. The lowest BCUT2D eigenvalue weighted by Gasteiger charge is -2.33. The fourth-order valence-electron chi connectivity index (χ4n) is 3.18. The molecule has 1 aromatic carbocycles. The van der Waals surface area contributed by atoms with E-state index < -0.39 is 0 Å². The number of hydrogen-bond acceptors (Lipinski definition) is 4. The summed E-state index contributed by atoms with van der Waals surface area (Å²) in [5.41, 5.74) is 0.542. The maximum atomic E-state index is 13.0. The zero-order valence-corrected chi connectivity index (χ0v) is 17.5. The number of halogens is 2. The molecule has 0 aliphatic carbocycles. The Kier molecular flexibility index (Phi) is 6.61. The van der Waals surface area contributed by atoms with Gasteiger partial charge in [0.1, 0.15) is 11.5 Å². The molecule has 1 saturated heterocycles. The Bertz CT molecular complexity index is 874. The fourth-order valence-corrected chi connectivity index (χ4v) is 3.74. The predicted molar refractivity (Wildman–Crippen MR) is 111 cm³/mol. The average molecular weight is 420 g/mol. The van der Waals surface area contributed by atoms with E-state index in [0.29, 0.717) is 34.6 Å². The van der Waals surface area contributed by atoms with E-state index in [2.05, 4.69) is 20.9 Å². The molecule has 2 heterocycles. The molecule has 0 N–H and O–H groups in total. The maximum absolute atomic E-state index is 13.0. The third-order valence-electron chi connectivity index (χ3n) is 4.72. The quantitative estimate of drug-likeness (QED) is 0.696. The van der Waals surface area contributed by atoms with Crippen LogP contribution in [0.25, 0.3) is 5.69 Å². The smallest absolute Gasteiger partial charge is 0.293 e. The first-order valence-electron chi connectivity index (χ1n) is 9.28. The molecule has 8 heteroatoms. The Morgan fingerprint density at radius 3 is 2.43 bits per heavy atom. The molecule has 0 bridgehead atoms. The molecule has 6 nitrogen and oxygen atoms in total. The van der Waals surface area contributed by atoms with Crippen LogP contribution in [0.2, 0.25) is 10.0 Å². The number of benzene rings is 1. The normalized spacial score (nSPS) is 15.1. The van der Waals surface area contributed by atoms with Gasteiger partial charge in [0, 0.05) is 45.1 Å². The van der Waals surface area contributed by atoms with Crippen molar-refractivity contribution in [1.82, 2.24) is 24.6 Å². The van der Waals surface area contributed by atoms with Crippen molar-refractivity contribution >= 4 is 29.1 Å². The fraction of sp³-hybridized carbons (Fsp3) is 0.450. The van der Waals surface area contributed by atoms with Gasteiger partial charge in [0.25, 0.3) is 5.91 Å². The van der Waals surface area contributed by atoms with E-state index in [0.717, 1.165) is 26.1 Å². The summed E-state index contributed by atoms with van der Waals surface area (Å²) in [7, 11) is 0. The Morgan fingerprint density at radius 2 is 1.86 bits per heavy atom. The van der Waals surface area contributed by atoms with Crippen LogP contribution in [0.4, 0.5) is 0 Å². The molecule has 0 spiro atoms. The first kappa shape index (κ1) is 20.7. The summed E-state index contributed by atoms with van der Waals surface area (Å²) in [6.07, 6.45) is 6.05. The topological polar surface area (TPSA) is 54.3 Å². The SMILES string of the molecule is C#CCCN1CCN(C(=O)c2nc(C(C)C)n(-c3c(Cl)cccc3Cl)n2)CC1. The standard InChI is InChI=1S/C20H23Cl2N5O/c1-4-5-9-25-10-12-26(13-11-25)20(28)18-23-19(14(2)3)27(24-18)17-15(21)7-6-8-16(17)22/h1,6-8,14H,5,9-13H2,2-3H3. The van der Waals surface area contributed by atoms with Gasteiger partial charge in [-0.3, -0.25) is 9.69 Å². The minimum Gasteiger partial charge on any atom is -0.333 e. The van der Waals surface area contributed by atoms with E-state index >= 15 is 0 Å². The number of carbonyl (C=O) groups excluding carboxylic acids is 1. The number of rotatable bonds is 5. The van der Waals surface area contributed by atoms with Gasteiger partial charge in [-0.1, -0.05) is 43.1 Å². The second-order valence-corrected chi connectivity index (χ2v) is 7.83. The molecule has 1 aliphatic heterocycles. The molecule has 28 heavy (non-hydrogen) atoms. The first-order valence-corrected chi connectivity index (χ1v) is 10.0. The minimum atomic E-state index is -0.180. The molecule has 148 valence electrons. The molecule has 0 atom stereocenters. The largest absolute Gasteiger partial charge is 0.333 e. The Labute approximate surface area is 175 Å². The highest BCUT2D eigenvalue weighted by molar-refractivity contribution is 6.37. The molecule has 3 rings (SSSR count). The van der Waals surface area contributed by atoms with Gasteiger partial charge >= 0.3 is 0 Å². The molecule has 1 fully saturated rings. The number of para-hydroxylation sites is 1. The highest BCUT2D eigenvalue weighted by Gasteiger charge is 2.27. The monoisotopic (exact) mass is 419 g/mol. The van der Waals surface area contributed by atoms with Gasteiger partial charge in [-0.05, 0) is 12.1 Å². The van der Waals surface area contributed by atoms with Crippen molar-refractivity contribution in [1.29, 1.82) is 0 Å². The van der Waals surface area contributed by atoms with Crippen molar-refractivity contribution in [2.24, 2.45) is 0 Å². The van der Waals surface area contributed by atoms with Gasteiger partial charge in [-0.25, -0.2) is 9.67 Å². The van der Waals surface area contributed by atoms with Crippen LogP contribution in [-0.4, -0.2) is 63.2 Å². The predicted octanol–water partition coefficient (Wildman–Crippen LogP) is 3.48. The number of amides is 1. The third-order valence-corrected chi connectivity index (χ3v) is 5.33. The Hall–Kier alpha value is -2.07. The van der Waals surface area contributed by atoms with Crippen molar-refractivity contribution in [2.75, 3.05) is 32.7 Å². The molecule has 0 saturated carbocycles. The number of hydrogen-bond donors (Lipinski definition) is 0. The van der Waals surface area contributed by atoms with E-state index in [1.54, 1.807) is 27.8 Å². The lowest BCUT2D eigenvalue weighted by molar-refractivity contribution is 0.0628. The zero-order valence-electron chi connectivity index (χ0n) is 16.0. The van der Waals surface area contributed by atoms with Gasteiger partial charge in [0.2, 0.25) is 5.82 Å². The number of nitrogens with zero attached hydrogens (tertiary/aromatic N) is 5. The molecular formula is C20H23Cl2N5O. The number of terminal acetylenes is 1. The van der Waals surface area contributed by atoms with E-state index in [1.165, 1.54) is 0 Å². The Balaban J connectivity index is 1.84. The number of carbonyl (C=O) groups is 1. The van der Waals surface area contributed by atoms with Crippen LogP contribution in [-0.2, 0) is 0 Å². The molecule has 1 amide bonds. The summed E-state index contributed by atoms with van der Waals surface area (Å²) in [4.78, 5) is 21.5. The van der Waals surface area contributed by atoms with Gasteiger partial charge in [0.15, 0.2) is 0 Å². The van der Waals surface area contributed by atoms with Crippen LogP contribution in [0.15, 0.2) is 18.2 Å². The molecule has 1 aromatic heterocycles. The van der Waals surface area contributed by atoms with Gasteiger partial charge in [0.05, 0.1) is 10.0 Å². The number of piperazine rings is 1. The summed E-state index contributed by atoms with van der Waals surface area (Å²) < 4.78 is 1.59. The highest BCUT2D eigenvalue weighted by Crippen LogP contribution is 2.30. The molecule has 2 aromatic rings. The van der Waals surface area contributed by atoms with Gasteiger partial charge < -0.3 is 4.90 Å². The molecule has 1 aliphatic rings. The maximum Gasteiger partial charge on any atom is 0.293 e. The average Bonchev–Trinajstić information content (AvgIpc) is 3.11. The summed E-state index contributed by atoms with van der Waals surface area (Å²) in [6.45, 7) is 7.67. The van der Waals surface area contributed by atoms with Crippen molar-refractivity contribution in [3.05, 3.63) is 39.9 Å². The molecular weight excluding hydrogens is 397 g/mol. The van der Waals surface area contributed by atoms with Crippen LogP contribution < -0.4 is 0 Å². The Morgan fingerprint density at radius 1 is 1.21 bits per heavy atom.